The minimum absolute atomic E-state index is 0.0791. The number of carbonyl (C=O) groups is 2. The molecule has 1 amide bonds. The number of ether oxygens (including phenoxy) is 1. The number of nitrogens with one attached hydrogen (secondary N) is 1. The van der Waals surface area contributed by atoms with Crippen molar-refractivity contribution in [3.63, 3.8) is 0 Å². The van der Waals surface area contributed by atoms with Crippen LogP contribution >= 0.6 is 0 Å². The van der Waals surface area contributed by atoms with Crippen molar-refractivity contribution in [3.05, 3.63) is 71.7 Å². The van der Waals surface area contributed by atoms with E-state index in [1.807, 2.05) is 62.4 Å². The third kappa shape index (κ3) is 5.31. The lowest BCUT2D eigenvalue weighted by Crippen LogP contribution is -2.30. The van der Waals surface area contributed by atoms with Crippen LogP contribution in [0.4, 0.5) is 5.69 Å². The maximum Gasteiger partial charge on any atom is 0.307 e. The van der Waals surface area contributed by atoms with E-state index in [-0.39, 0.29) is 12.3 Å². The molecule has 0 aliphatic rings. The summed E-state index contributed by atoms with van der Waals surface area (Å²) in [5.74, 6) is 0.260. The SMILES string of the molecule is Cc1cccc(C)c1NC(=O)C(C)OC(=O)CCc1ncc(-c2ccccc2)o1. The van der Waals surface area contributed by atoms with Crippen LogP contribution in [0.2, 0.25) is 0 Å². The molecule has 29 heavy (non-hydrogen) atoms. The summed E-state index contributed by atoms with van der Waals surface area (Å²) in [4.78, 5) is 28.7. The first-order chi connectivity index (χ1) is 13.9. The van der Waals surface area contributed by atoms with Crippen LogP contribution in [0.1, 0.15) is 30.4 Å². The van der Waals surface area contributed by atoms with Crippen molar-refractivity contribution in [3.8, 4) is 11.3 Å². The fraction of sp³-hybridized carbons (Fsp3) is 0.261. The Hall–Kier alpha value is -3.41. The van der Waals surface area contributed by atoms with Gasteiger partial charge < -0.3 is 14.5 Å². The fourth-order valence-electron chi connectivity index (χ4n) is 2.92. The highest BCUT2D eigenvalue weighted by Crippen LogP contribution is 2.21. The number of anilines is 1. The van der Waals surface area contributed by atoms with E-state index in [2.05, 4.69) is 10.3 Å². The maximum atomic E-state index is 12.4. The van der Waals surface area contributed by atoms with Crippen LogP contribution in [0.3, 0.4) is 0 Å². The van der Waals surface area contributed by atoms with Gasteiger partial charge in [-0.2, -0.15) is 0 Å². The van der Waals surface area contributed by atoms with Crippen molar-refractivity contribution >= 4 is 17.6 Å². The number of aromatic nitrogens is 1. The molecule has 1 N–H and O–H groups in total. The Morgan fingerprint density at radius 1 is 1.07 bits per heavy atom. The van der Waals surface area contributed by atoms with Gasteiger partial charge in [-0.25, -0.2) is 4.98 Å². The molecule has 1 atom stereocenters. The average Bonchev–Trinajstić information content (AvgIpc) is 3.19. The zero-order chi connectivity index (χ0) is 20.8. The first kappa shape index (κ1) is 20.3. The van der Waals surface area contributed by atoms with E-state index in [0.717, 1.165) is 22.4 Å². The van der Waals surface area contributed by atoms with E-state index in [4.69, 9.17) is 9.15 Å². The second kappa shape index (κ2) is 9.19. The fourth-order valence-corrected chi connectivity index (χ4v) is 2.92. The normalized spacial score (nSPS) is 11.7. The molecule has 0 bridgehead atoms. The van der Waals surface area contributed by atoms with Crippen LogP contribution in [0.5, 0.6) is 0 Å². The lowest BCUT2D eigenvalue weighted by molar-refractivity contribution is -0.153. The Labute approximate surface area is 169 Å². The zero-order valence-corrected chi connectivity index (χ0v) is 16.8. The van der Waals surface area contributed by atoms with Gasteiger partial charge in [-0.1, -0.05) is 48.5 Å². The summed E-state index contributed by atoms with van der Waals surface area (Å²) in [6.07, 6.45) is 1.12. The van der Waals surface area contributed by atoms with Gasteiger partial charge in [-0.15, -0.1) is 0 Å². The number of hydrogen-bond acceptors (Lipinski definition) is 5. The summed E-state index contributed by atoms with van der Waals surface area (Å²) >= 11 is 0. The van der Waals surface area contributed by atoms with Gasteiger partial charge in [0, 0.05) is 17.7 Å². The van der Waals surface area contributed by atoms with E-state index < -0.39 is 12.1 Å². The molecule has 2 aromatic carbocycles. The van der Waals surface area contributed by atoms with Gasteiger partial charge in [0.15, 0.2) is 17.8 Å². The van der Waals surface area contributed by atoms with E-state index in [0.29, 0.717) is 18.1 Å². The largest absolute Gasteiger partial charge is 0.453 e. The molecule has 0 spiro atoms. The standard InChI is InChI=1S/C23H24N2O4/c1-15-8-7-9-16(2)22(15)25-23(27)17(3)28-21(26)13-12-20-24-14-19(29-20)18-10-5-4-6-11-18/h4-11,14,17H,12-13H2,1-3H3,(H,25,27). The predicted octanol–water partition coefficient (Wildman–Crippen LogP) is 4.46. The Morgan fingerprint density at radius 2 is 1.76 bits per heavy atom. The topological polar surface area (TPSA) is 81.4 Å². The van der Waals surface area contributed by atoms with Crippen molar-refractivity contribution in [1.82, 2.24) is 4.98 Å². The van der Waals surface area contributed by atoms with Gasteiger partial charge in [-0.05, 0) is 31.9 Å². The molecule has 1 unspecified atom stereocenters. The molecule has 0 radical (unpaired) electrons. The number of nitrogens with zero attached hydrogens (tertiary/aromatic N) is 1. The first-order valence-corrected chi connectivity index (χ1v) is 9.50. The molecule has 0 saturated carbocycles. The lowest BCUT2D eigenvalue weighted by atomic mass is 10.1. The Balaban J connectivity index is 1.50. The number of carbonyl (C=O) groups excluding carboxylic acids is 2. The summed E-state index contributed by atoms with van der Waals surface area (Å²) in [6, 6.07) is 15.4. The Kier molecular flexibility index (Phi) is 6.44. The van der Waals surface area contributed by atoms with Crippen molar-refractivity contribution in [2.24, 2.45) is 0 Å². The first-order valence-electron chi connectivity index (χ1n) is 9.50. The number of aryl methyl sites for hydroxylation is 3. The Bertz CT molecular complexity index is 975. The van der Waals surface area contributed by atoms with E-state index in [1.54, 1.807) is 13.1 Å². The van der Waals surface area contributed by atoms with Crippen molar-refractivity contribution in [2.75, 3.05) is 5.32 Å². The van der Waals surface area contributed by atoms with Gasteiger partial charge in [0.2, 0.25) is 0 Å². The number of benzene rings is 2. The molecular weight excluding hydrogens is 368 g/mol. The number of oxazole rings is 1. The summed E-state index contributed by atoms with van der Waals surface area (Å²) in [5.41, 5.74) is 3.57. The number of amides is 1. The molecule has 1 aromatic heterocycles. The molecule has 6 nitrogen and oxygen atoms in total. The summed E-state index contributed by atoms with van der Waals surface area (Å²) < 4.78 is 10.9. The van der Waals surface area contributed by atoms with Crippen LogP contribution in [-0.4, -0.2) is 23.0 Å². The number of hydrogen-bond donors (Lipinski definition) is 1. The highest BCUT2D eigenvalue weighted by Gasteiger charge is 2.19. The predicted molar refractivity (Wildman–Crippen MR) is 110 cm³/mol. The highest BCUT2D eigenvalue weighted by atomic mass is 16.5. The van der Waals surface area contributed by atoms with Crippen molar-refractivity contribution in [2.45, 2.75) is 39.7 Å². The van der Waals surface area contributed by atoms with Crippen LogP contribution in [0, 0.1) is 13.8 Å². The molecule has 1 heterocycles. The van der Waals surface area contributed by atoms with Gasteiger partial charge in [0.25, 0.3) is 5.91 Å². The molecule has 150 valence electrons. The smallest absolute Gasteiger partial charge is 0.307 e. The third-order valence-corrected chi connectivity index (χ3v) is 4.56. The highest BCUT2D eigenvalue weighted by molar-refractivity contribution is 5.96. The van der Waals surface area contributed by atoms with Gasteiger partial charge in [0.1, 0.15) is 0 Å². The van der Waals surface area contributed by atoms with Gasteiger partial charge >= 0.3 is 5.97 Å². The molecule has 0 aliphatic carbocycles. The second-order valence-corrected chi connectivity index (χ2v) is 6.87. The molecule has 0 fully saturated rings. The van der Waals surface area contributed by atoms with Crippen LogP contribution < -0.4 is 5.32 Å². The average molecular weight is 392 g/mol. The minimum Gasteiger partial charge on any atom is -0.453 e. The van der Waals surface area contributed by atoms with Crippen molar-refractivity contribution in [1.29, 1.82) is 0 Å². The van der Waals surface area contributed by atoms with Gasteiger partial charge in [0.05, 0.1) is 12.6 Å². The van der Waals surface area contributed by atoms with Crippen molar-refractivity contribution < 1.29 is 18.7 Å². The molecular formula is C23H24N2O4. The number of rotatable bonds is 7. The molecule has 3 rings (SSSR count). The molecule has 0 saturated heterocycles. The summed E-state index contributed by atoms with van der Waals surface area (Å²) in [5, 5.41) is 2.83. The van der Waals surface area contributed by atoms with Crippen LogP contribution in [0.15, 0.2) is 59.1 Å². The monoisotopic (exact) mass is 392 g/mol. The number of esters is 1. The quantitative estimate of drug-likeness (QED) is 0.600. The minimum atomic E-state index is -0.897. The van der Waals surface area contributed by atoms with E-state index in [1.165, 1.54) is 0 Å². The lowest BCUT2D eigenvalue weighted by Gasteiger charge is -2.16. The van der Waals surface area contributed by atoms with Gasteiger partial charge in [-0.3, -0.25) is 9.59 Å². The number of para-hydroxylation sites is 1. The van der Waals surface area contributed by atoms with E-state index >= 15 is 0 Å². The molecule has 6 heteroatoms. The third-order valence-electron chi connectivity index (χ3n) is 4.56. The Morgan fingerprint density at radius 3 is 2.45 bits per heavy atom. The molecule has 0 aliphatic heterocycles. The molecule has 3 aromatic rings. The van der Waals surface area contributed by atoms with E-state index in [9.17, 15) is 9.59 Å². The van der Waals surface area contributed by atoms with Crippen LogP contribution in [0.25, 0.3) is 11.3 Å². The summed E-state index contributed by atoms with van der Waals surface area (Å²) in [6.45, 7) is 5.39. The maximum absolute atomic E-state index is 12.4. The van der Waals surface area contributed by atoms with Crippen LogP contribution in [-0.2, 0) is 20.7 Å². The summed E-state index contributed by atoms with van der Waals surface area (Å²) in [7, 11) is 0. The second-order valence-electron chi connectivity index (χ2n) is 6.87. The zero-order valence-electron chi connectivity index (χ0n) is 16.8.